The first-order chi connectivity index (χ1) is 15.4. The largest absolute Gasteiger partial charge is 0.493 e. The number of hydrogen-bond acceptors (Lipinski definition) is 7. The first-order valence-electron chi connectivity index (χ1n) is 9.99. The predicted molar refractivity (Wildman–Crippen MR) is 123 cm³/mol. The van der Waals surface area contributed by atoms with Gasteiger partial charge in [-0.3, -0.25) is 14.4 Å². The Hall–Kier alpha value is -3.04. The number of thiazole rings is 1. The Bertz CT molecular complexity index is 1280. The number of aryl methyl sites for hydroxylation is 1. The van der Waals surface area contributed by atoms with Gasteiger partial charge in [0.2, 0.25) is 11.8 Å². The molecule has 0 spiro atoms. The average molecular weight is 469 g/mol. The number of rotatable bonds is 4. The zero-order valence-electron chi connectivity index (χ0n) is 17.6. The molecular formula is C23H20N2O5S2. The summed E-state index contributed by atoms with van der Waals surface area (Å²) < 4.78 is 10.8. The molecule has 3 unspecified atom stereocenters. The Kier molecular flexibility index (Phi) is 5.10. The SMILES string of the molecule is COc1ccc(C2c3sc(=O)[nH]c3SC3C(=O)N(c4ccc(C)cc4)C(=O)C32)cc1OC. The molecule has 2 aliphatic heterocycles. The number of ether oxygens (including phenoxy) is 2. The number of aromatic amines is 1. The number of nitrogens with one attached hydrogen (secondary N) is 1. The number of carbonyl (C=O) groups excluding carboxylic acids is 2. The molecule has 164 valence electrons. The van der Waals surface area contributed by atoms with Gasteiger partial charge in [0.15, 0.2) is 11.5 Å². The maximum Gasteiger partial charge on any atom is 0.305 e. The van der Waals surface area contributed by atoms with Crippen molar-refractivity contribution in [2.75, 3.05) is 19.1 Å². The second-order valence-corrected chi connectivity index (χ2v) is 9.88. The van der Waals surface area contributed by atoms with E-state index in [9.17, 15) is 14.4 Å². The molecule has 1 aromatic heterocycles. The minimum atomic E-state index is -0.633. The summed E-state index contributed by atoms with van der Waals surface area (Å²) >= 11 is 2.35. The summed E-state index contributed by atoms with van der Waals surface area (Å²) in [7, 11) is 3.10. The minimum Gasteiger partial charge on any atom is -0.493 e. The third kappa shape index (κ3) is 3.15. The lowest BCUT2D eigenvalue weighted by molar-refractivity contribution is -0.122. The van der Waals surface area contributed by atoms with Crippen molar-refractivity contribution in [3.8, 4) is 11.5 Å². The van der Waals surface area contributed by atoms with Crippen molar-refractivity contribution in [2.24, 2.45) is 5.92 Å². The van der Waals surface area contributed by atoms with Crippen LogP contribution in [0.4, 0.5) is 5.69 Å². The quantitative estimate of drug-likeness (QED) is 0.589. The maximum atomic E-state index is 13.7. The van der Waals surface area contributed by atoms with Crippen molar-refractivity contribution in [3.05, 3.63) is 68.1 Å². The van der Waals surface area contributed by atoms with Crippen LogP contribution in [0.3, 0.4) is 0 Å². The third-order valence-corrected chi connectivity index (χ3v) is 8.28. The molecule has 1 saturated heterocycles. The third-order valence-electron chi connectivity index (χ3n) is 5.88. The summed E-state index contributed by atoms with van der Waals surface area (Å²) in [5, 5.41) is 0.0209. The summed E-state index contributed by atoms with van der Waals surface area (Å²) in [5.74, 6) is -0.524. The second-order valence-electron chi connectivity index (χ2n) is 7.71. The highest BCUT2D eigenvalue weighted by molar-refractivity contribution is 8.00. The van der Waals surface area contributed by atoms with E-state index in [1.54, 1.807) is 32.4 Å². The zero-order valence-corrected chi connectivity index (χ0v) is 19.2. The molecule has 0 bridgehead atoms. The first kappa shape index (κ1) is 20.8. The van der Waals surface area contributed by atoms with E-state index in [1.807, 2.05) is 31.2 Å². The van der Waals surface area contributed by atoms with E-state index >= 15 is 0 Å². The van der Waals surface area contributed by atoms with Gasteiger partial charge in [-0.1, -0.05) is 46.9 Å². The lowest BCUT2D eigenvalue weighted by Crippen LogP contribution is -2.32. The minimum absolute atomic E-state index is 0.205. The van der Waals surface area contributed by atoms with Crippen LogP contribution in [-0.2, 0) is 9.59 Å². The number of amides is 2. The van der Waals surface area contributed by atoms with Gasteiger partial charge in [-0.05, 0) is 36.8 Å². The number of benzene rings is 2. The Labute approximate surface area is 192 Å². The topological polar surface area (TPSA) is 88.7 Å². The van der Waals surface area contributed by atoms with Crippen LogP contribution in [0, 0.1) is 12.8 Å². The molecule has 3 atom stereocenters. The summed E-state index contributed by atoms with van der Waals surface area (Å²) in [6, 6.07) is 12.8. The maximum absolute atomic E-state index is 13.7. The highest BCUT2D eigenvalue weighted by Crippen LogP contribution is 2.53. The molecule has 32 heavy (non-hydrogen) atoms. The number of imide groups is 1. The number of H-pyrrole nitrogens is 1. The van der Waals surface area contributed by atoms with Gasteiger partial charge in [0.05, 0.1) is 30.9 Å². The van der Waals surface area contributed by atoms with E-state index < -0.39 is 17.1 Å². The van der Waals surface area contributed by atoms with Crippen molar-refractivity contribution in [1.82, 2.24) is 4.98 Å². The van der Waals surface area contributed by atoms with Gasteiger partial charge >= 0.3 is 4.87 Å². The van der Waals surface area contributed by atoms with Gasteiger partial charge < -0.3 is 14.5 Å². The van der Waals surface area contributed by atoms with Crippen LogP contribution < -0.4 is 19.2 Å². The molecule has 0 radical (unpaired) electrons. The molecule has 3 aromatic rings. The summed E-state index contributed by atoms with van der Waals surface area (Å²) in [5.41, 5.74) is 2.40. The monoisotopic (exact) mass is 468 g/mol. The van der Waals surface area contributed by atoms with Crippen LogP contribution in [0.15, 0.2) is 52.3 Å². The van der Waals surface area contributed by atoms with Crippen LogP contribution >= 0.6 is 23.1 Å². The standard InChI is InChI=1S/C23H20N2O5S2/c1-11-4-7-13(8-5-11)25-21(26)17-16(12-6-9-14(29-2)15(10-12)30-3)18-20(24-23(28)32-18)31-19(17)22(25)27/h4-10,16-17,19H,1-3H3,(H,24,28). The van der Waals surface area contributed by atoms with E-state index in [0.29, 0.717) is 22.2 Å². The van der Waals surface area contributed by atoms with Crippen molar-refractivity contribution >= 4 is 40.6 Å². The molecule has 1 fully saturated rings. The highest BCUT2D eigenvalue weighted by atomic mass is 32.2. The molecule has 1 N–H and O–H groups in total. The van der Waals surface area contributed by atoms with Gasteiger partial charge in [-0.15, -0.1) is 0 Å². The molecule has 7 nitrogen and oxygen atoms in total. The van der Waals surface area contributed by atoms with Crippen molar-refractivity contribution in [2.45, 2.75) is 23.1 Å². The number of aromatic nitrogens is 1. The normalized spacial score (nSPS) is 22.0. The first-order valence-corrected chi connectivity index (χ1v) is 11.7. The van der Waals surface area contributed by atoms with Crippen LogP contribution in [0.25, 0.3) is 0 Å². The Morgan fingerprint density at radius 2 is 1.66 bits per heavy atom. The highest BCUT2D eigenvalue weighted by Gasteiger charge is 2.56. The lowest BCUT2D eigenvalue weighted by atomic mass is 9.83. The second kappa shape index (κ2) is 7.83. The van der Waals surface area contributed by atoms with Gasteiger partial charge in [0.1, 0.15) is 5.25 Å². The molecule has 5 rings (SSSR count). The summed E-state index contributed by atoms with van der Waals surface area (Å²) in [6.45, 7) is 1.95. The molecule has 2 aromatic carbocycles. The number of hydrogen-bond donors (Lipinski definition) is 1. The van der Waals surface area contributed by atoms with Gasteiger partial charge in [-0.2, -0.15) is 0 Å². The number of nitrogens with zero attached hydrogens (tertiary/aromatic N) is 1. The van der Waals surface area contributed by atoms with E-state index in [4.69, 9.17) is 9.47 Å². The molecule has 2 aliphatic rings. The predicted octanol–water partition coefficient (Wildman–Crippen LogP) is 3.56. The fourth-order valence-electron chi connectivity index (χ4n) is 4.37. The molecule has 0 aliphatic carbocycles. The number of anilines is 1. The zero-order chi connectivity index (χ0) is 22.6. The van der Waals surface area contributed by atoms with Gasteiger partial charge in [-0.25, -0.2) is 4.90 Å². The number of methoxy groups -OCH3 is 2. The van der Waals surface area contributed by atoms with E-state index in [2.05, 4.69) is 4.98 Å². The van der Waals surface area contributed by atoms with Gasteiger partial charge in [0.25, 0.3) is 0 Å². The molecule has 2 amide bonds. The summed E-state index contributed by atoms with van der Waals surface area (Å²) in [6.07, 6.45) is 0. The average Bonchev–Trinajstić information content (AvgIpc) is 3.28. The van der Waals surface area contributed by atoms with Crippen molar-refractivity contribution in [1.29, 1.82) is 0 Å². The van der Waals surface area contributed by atoms with Crippen LogP contribution in [-0.4, -0.2) is 36.3 Å². The Balaban J connectivity index is 1.65. The fourth-order valence-corrected chi connectivity index (χ4v) is 6.89. The van der Waals surface area contributed by atoms with Crippen LogP contribution in [0.5, 0.6) is 11.5 Å². The van der Waals surface area contributed by atoms with E-state index in [0.717, 1.165) is 27.3 Å². The number of thioether (sulfide) groups is 1. The molecule has 0 saturated carbocycles. The number of fused-ring (bicyclic) bond motifs is 2. The smallest absolute Gasteiger partial charge is 0.305 e. The number of carbonyl (C=O) groups is 2. The van der Waals surface area contributed by atoms with Crippen LogP contribution in [0.1, 0.15) is 21.9 Å². The van der Waals surface area contributed by atoms with E-state index in [-0.39, 0.29) is 16.7 Å². The van der Waals surface area contributed by atoms with Gasteiger partial charge in [0, 0.05) is 10.8 Å². The van der Waals surface area contributed by atoms with Crippen molar-refractivity contribution < 1.29 is 19.1 Å². The fraction of sp³-hybridized carbons (Fsp3) is 0.261. The Morgan fingerprint density at radius 3 is 2.34 bits per heavy atom. The molecular weight excluding hydrogens is 448 g/mol. The Morgan fingerprint density at radius 1 is 0.938 bits per heavy atom. The van der Waals surface area contributed by atoms with Crippen molar-refractivity contribution in [3.63, 3.8) is 0 Å². The molecule has 3 heterocycles. The van der Waals surface area contributed by atoms with E-state index in [1.165, 1.54) is 16.7 Å². The lowest BCUT2D eigenvalue weighted by Gasteiger charge is -2.30. The van der Waals surface area contributed by atoms with Crippen LogP contribution in [0.2, 0.25) is 0 Å². The molecule has 9 heteroatoms. The summed E-state index contributed by atoms with van der Waals surface area (Å²) in [4.78, 5) is 43.9.